The zero-order chi connectivity index (χ0) is 33.4. The number of fused-ring (bicyclic) bond motifs is 1. The summed E-state index contributed by atoms with van der Waals surface area (Å²) < 4.78 is 100. The molecule has 4 atom stereocenters. The number of anilines is 1. The number of phenolic OH excluding ortho intramolecular Hbond substituents is 1. The number of aromatic hydroxyl groups is 1. The van der Waals surface area contributed by atoms with E-state index in [4.69, 9.17) is 4.74 Å². The first-order valence-corrected chi connectivity index (χ1v) is 13.8. The molecule has 0 unspecified atom stereocenters. The first-order chi connectivity index (χ1) is 21.0. The quantitative estimate of drug-likeness (QED) is 0.179. The molecular weight excluding hydrogens is 615 g/mol. The van der Waals surface area contributed by atoms with E-state index < -0.39 is 83.0 Å². The number of hydrogen-bond acceptors (Lipinski definition) is 6. The molecule has 2 aromatic carbocycles. The fourth-order valence-electron chi connectivity index (χ4n) is 6.08. The minimum absolute atomic E-state index is 0.0494. The molecule has 0 radical (unpaired) electrons. The summed E-state index contributed by atoms with van der Waals surface area (Å²) in [5, 5.41) is 31.0. The number of halogens is 7. The van der Waals surface area contributed by atoms with E-state index in [-0.39, 0.29) is 37.5 Å². The van der Waals surface area contributed by atoms with Gasteiger partial charge < -0.3 is 20.1 Å². The summed E-state index contributed by atoms with van der Waals surface area (Å²) in [4.78, 5) is 27.4. The van der Waals surface area contributed by atoms with E-state index in [0.29, 0.717) is 33.7 Å². The summed E-state index contributed by atoms with van der Waals surface area (Å²) in [7, 11) is 1.33. The van der Waals surface area contributed by atoms with Crippen molar-refractivity contribution in [1.82, 2.24) is 0 Å². The van der Waals surface area contributed by atoms with Crippen LogP contribution >= 0.6 is 0 Å². The maximum atomic E-state index is 13.7. The van der Waals surface area contributed by atoms with Crippen LogP contribution in [0, 0.1) is 23.6 Å². The molecule has 4 rings (SSSR count). The lowest BCUT2D eigenvalue weighted by atomic mass is 9.68. The van der Waals surface area contributed by atoms with Crippen LogP contribution in [0.5, 0.6) is 5.75 Å². The summed E-state index contributed by atoms with van der Waals surface area (Å²) >= 11 is 0. The molecule has 1 aliphatic heterocycles. The van der Waals surface area contributed by atoms with E-state index in [2.05, 4.69) is 0 Å². The predicted molar refractivity (Wildman–Crippen MR) is 147 cm³/mol. The molecule has 2 aromatic rings. The lowest BCUT2D eigenvalue weighted by Gasteiger charge is -2.36. The van der Waals surface area contributed by atoms with Crippen molar-refractivity contribution >= 4 is 23.6 Å². The Morgan fingerprint density at radius 1 is 1.04 bits per heavy atom. The Bertz CT molecular complexity index is 1500. The van der Waals surface area contributed by atoms with E-state index in [1.165, 1.54) is 19.2 Å². The molecule has 0 saturated carbocycles. The number of alkyl halides is 6. The molecule has 3 N–H and O–H groups in total. The average molecular weight is 646 g/mol. The van der Waals surface area contributed by atoms with Gasteiger partial charge in [-0.1, -0.05) is 17.7 Å². The van der Waals surface area contributed by atoms with E-state index in [1.807, 2.05) is 0 Å². The van der Waals surface area contributed by atoms with Crippen molar-refractivity contribution < 1.29 is 60.4 Å². The highest BCUT2D eigenvalue weighted by Gasteiger charge is 2.55. The van der Waals surface area contributed by atoms with Crippen molar-refractivity contribution in [2.45, 2.75) is 44.6 Å². The van der Waals surface area contributed by atoms with Crippen LogP contribution in [0.25, 0.3) is 6.08 Å². The second-order valence-electron chi connectivity index (χ2n) is 11.1. The maximum absolute atomic E-state index is 13.7. The van der Waals surface area contributed by atoms with Crippen molar-refractivity contribution in [1.29, 1.82) is 0 Å². The molecule has 1 fully saturated rings. The van der Waals surface area contributed by atoms with E-state index in [9.17, 15) is 55.6 Å². The first-order valence-electron chi connectivity index (χ1n) is 13.8. The summed E-state index contributed by atoms with van der Waals surface area (Å²) in [6.07, 6.45) is -9.96. The molecule has 1 aliphatic carbocycles. The third kappa shape index (κ3) is 7.07. The average Bonchev–Trinajstić information content (AvgIpc) is 3.20. The van der Waals surface area contributed by atoms with Crippen LogP contribution in [0.1, 0.15) is 42.9 Å². The largest absolute Gasteiger partial charge is 0.505 e. The van der Waals surface area contributed by atoms with Crippen LogP contribution in [0.2, 0.25) is 0 Å². The number of ether oxygens (including phenoxy) is 1. The van der Waals surface area contributed by atoms with Gasteiger partial charge in [-0.2, -0.15) is 26.3 Å². The minimum Gasteiger partial charge on any atom is -0.505 e. The summed E-state index contributed by atoms with van der Waals surface area (Å²) in [5.74, 6) is -7.25. The molecule has 0 aromatic heterocycles. The summed E-state index contributed by atoms with van der Waals surface area (Å²) in [6.45, 7) is 0.826. The molecule has 1 saturated heterocycles. The Morgan fingerprint density at radius 3 is 2.20 bits per heavy atom. The standard InChI is InChI=1S/C31H30F7NO6/c1-15(7-16-4-6-24(41)23(32)8-16)3-5-25(42)26-17(14-45-2)9-21-27(22(26)13-40)29(44)39(28(21)43)20-11-18(30(33,34)35)10-19(12-20)31(36,37)38/h4,6-8,10-12,21-22,25,27,40-42H,3,5,9,13-14H2,1-2H3/b15-7+/t21-,22+,25-,27-/m1/s1. The number of carbonyl (C=O) groups excluding carboxylic acids is 2. The van der Waals surface area contributed by atoms with Gasteiger partial charge in [0.1, 0.15) is 0 Å². The molecule has 0 spiro atoms. The smallest absolute Gasteiger partial charge is 0.416 e. The SMILES string of the molecule is COCC1=C([C@H](O)CC/C(C)=C/c2ccc(O)c(F)c2)[C@H](CO)[C@@H]2C(=O)N(c3cc(C(F)(F)F)cc(C(F)(F)F)c3)C(=O)[C@@H]2C1. The number of aliphatic hydroxyl groups is 2. The zero-order valence-electron chi connectivity index (χ0n) is 24.0. The number of allylic oxidation sites excluding steroid dienone is 1. The monoisotopic (exact) mass is 645 g/mol. The molecule has 14 heteroatoms. The minimum atomic E-state index is -5.21. The van der Waals surface area contributed by atoms with Gasteiger partial charge >= 0.3 is 12.4 Å². The van der Waals surface area contributed by atoms with Gasteiger partial charge in [0.2, 0.25) is 11.8 Å². The maximum Gasteiger partial charge on any atom is 0.416 e. The molecule has 2 amide bonds. The summed E-state index contributed by atoms with van der Waals surface area (Å²) in [5.41, 5.74) is -2.58. The van der Waals surface area contributed by atoms with E-state index >= 15 is 0 Å². The Balaban J connectivity index is 1.66. The normalized spacial score (nSPS) is 21.9. The van der Waals surface area contributed by atoms with Crippen molar-refractivity contribution in [2.24, 2.45) is 17.8 Å². The van der Waals surface area contributed by atoms with Crippen LogP contribution in [-0.4, -0.2) is 53.6 Å². The van der Waals surface area contributed by atoms with Crippen molar-refractivity contribution in [2.75, 3.05) is 25.2 Å². The van der Waals surface area contributed by atoms with E-state index in [0.717, 1.165) is 6.07 Å². The van der Waals surface area contributed by atoms with Gasteiger partial charge in [-0.15, -0.1) is 0 Å². The number of carbonyl (C=O) groups is 2. The lowest BCUT2D eigenvalue weighted by molar-refractivity contribution is -0.143. The van der Waals surface area contributed by atoms with Gasteiger partial charge in [0.25, 0.3) is 0 Å². The topological polar surface area (TPSA) is 107 Å². The number of amides is 2. The van der Waals surface area contributed by atoms with Crippen LogP contribution in [-0.2, 0) is 26.7 Å². The van der Waals surface area contributed by atoms with Gasteiger partial charge in [0.05, 0.1) is 48.0 Å². The molecule has 244 valence electrons. The second kappa shape index (κ2) is 12.9. The fourth-order valence-corrected chi connectivity index (χ4v) is 6.08. The number of imide groups is 1. The Hall–Kier alpha value is -3.75. The predicted octanol–water partition coefficient (Wildman–Crippen LogP) is 5.87. The number of nitrogens with zero attached hydrogens (tertiary/aromatic N) is 1. The van der Waals surface area contributed by atoms with Crippen molar-refractivity contribution in [3.8, 4) is 5.75 Å². The summed E-state index contributed by atoms with van der Waals surface area (Å²) in [6, 6.07) is 4.27. The number of phenols is 1. The number of aliphatic hydroxyl groups excluding tert-OH is 2. The van der Waals surface area contributed by atoms with Gasteiger partial charge in [-0.05, 0) is 73.2 Å². The van der Waals surface area contributed by atoms with Crippen LogP contribution < -0.4 is 4.90 Å². The highest BCUT2D eigenvalue weighted by atomic mass is 19.4. The lowest BCUT2D eigenvalue weighted by Crippen LogP contribution is -2.39. The fraction of sp³-hybridized carbons (Fsp3) is 0.419. The molecule has 7 nitrogen and oxygen atoms in total. The van der Waals surface area contributed by atoms with Crippen LogP contribution in [0.15, 0.2) is 53.1 Å². The van der Waals surface area contributed by atoms with Crippen molar-refractivity contribution in [3.63, 3.8) is 0 Å². The van der Waals surface area contributed by atoms with Crippen LogP contribution in [0.3, 0.4) is 0 Å². The van der Waals surface area contributed by atoms with Gasteiger partial charge in [-0.25, -0.2) is 9.29 Å². The van der Waals surface area contributed by atoms with Crippen molar-refractivity contribution in [3.05, 3.63) is 75.6 Å². The zero-order valence-corrected chi connectivity index (χ0v) is 24.0. The second-order valence-corrected chi connectivity index (χ2v) is 11.1. The first kappa shape index (κ1) is 34.1. The van der Waals surface area contributed by atoms with Gasteiger partial charge in [0.15, 0.2) is 11.6 Å². The molecule has 0 bridgehead atoms. The highest BCUT2D eigenvalue weighted by molar-refractivity contribution is 6.22. The Kier molecular flexibility index (Phi) is 9.81. The molecule has 1 heterocycles. The Labute approximate surface area is 253 Å². The molecule has 45 heavy (non-hydrogen) atoms. The number of benzene rings is 2. The number of rotatable bonds is 9. The van der Waals surface area contributed by atoms with E-state index in [1.54, 1.807) is 13.0 Å². The van der Waals surface area contributed by atoms with Gasteiger partial charge in [0, 0.05) is 13.0 Å². The third-order valence-electron chi connectivity index (χ3n) is 8.09. The molecule has 2 aliphatic rings. The highest BCUT2D eigenvalue weighted by Crippen LogP contribution is 2.48. The third-order valence-corrected chi connectivity index (χ3v) is 8.09. The van der Waals surface area contributed by atoms with Crippen LogP contribution in [0.4, 0.5) is 36.4 Å². The Morgan fingerprint density at radius 2 is 1.67 bits per heavy atom. The van der Waals surface area contributed by atoms with Gasteiger partial charge in [-0.3, -0.25) is 9.59 Å². The molecular formula is C31H30F7NO6. The number of hydrogen-bond donors (Lipinski definition) is 3. The number of methoxy groups -OCH3 is 1.